The molecule has 0 aliphatic heterocycles. The molecule has 100 valence electrons. The first-order valence-corrected chi connectivity index (χ1v) is 6.79. The third kappa shape index (κ3) is 3.64. The Morgan fingerprint density at radius 3 is 3.05 bits per heavy atom. The number of nitrogens with zero attached hydrogens (tertiary/aromatic N) is 2. The molecule has 1 aromatic carbocycles. The first-order valence-electron chi connectivity index (χ1n) is 5.80. The highest BCUT2D eigenvalue weighted by molar-refractivity contribution is 7.99. The van der Waals surface area contributed by atoms with E-state index in [4.69, 9.17) is 0 Å². The molecule has 1 heterocycles. The number of hydrogen-bond acceptors (Lipinski definition) is 5. The lowest BCUT2D eigenvalue weighted by Crippen LogP contribution is -2.00. The molecule has 0 bridgehead atoms. The SMILES string of the molecule is COC(=O)CCCSc1ncnc2ccc(F)cc12. The molecule has 0 N–H and O–H groups in total. The quantitative estimate of drug-likeness (QED) is 0.365. The zero-order valence-electron chi connectivity index (χ0n) is 10.4. The van der Waals surface area contributed by atoms with Crippen LogP contribution in [-0.4, -0.2) is 28.8 Å². The Balaban J connectivity index is 2.04. The number of halogens is 1. The molecule has 0 fully saturated rings. The summed E-state index contributed by atoms with van der Waals surface area (Å²) in [7, 11) is 1.37. The molecule has 0 spiro atoms. The van der Waals surface area contributed by atoms with Crippen molar-refractivity contribution in [1.29, 1.82) is 0 Å². The molecule has 0 saturated heterocycles. The van der Waals surface area contributed by atoms with Crippen molar-refractivity contribution < 1.29 is 13.9 Å². The van der Waals surface area contributed by atoms with Crippen LogP contribution in [-0.2, 0) is 9.53 Å². The predicted octanol–water partition coefficient (Wildman–Crippen LogP) is 2.81. The largest absolute Gasteiger partial charge is 0.469 e. The van der Waals surface area contributed by atoms with Gasteiger partial charge in [0.15, 0.2) is 0 Å². The molecule has 0 aliphatic carbocycles. The van der Waals surface area contributed by atoms with Crippen LogP contribution in [0.15, 0.2) is 29.6 Å². The Kier molecular flexibility index (Phi) is 4.68. The third-order valence-corrected chi connectivity index (χ3v) is 3.64. The van der Waals surface area contributed by atoms with Gasteiger partial charge >= 0.3 is 5.97 Å². The number of fused-ring (bicyclic) bond motifs is 1. The Hall–Kier alpha value is -1.69. The molecular weight excluding hydrogens is 267 g/mol. The molecule has 0 aliphatic rings. The van der Waals surface area contributed by atoms with E-state index in [1.165, 1.54) is 37.3 Å². The first kappa shape index (κ1) is 13.7. The van der Waals surface area contributed by atoms with E-state index in [1.54, 1.807) is 6.07 Å². The van der Waals surface area contributed by atoms with Crippen molar-refractivity contribution in [2.75, 3.05) is 12.9 Å². The van der Waals surface area contributed by atoms with Gasteiger partial charge in [-0.2, -0.15) is 0 Å². The molecule has 6 heteroatoms. The van der Waals surface area contributed by atoms with Crippen LogP contribution in [0.4, 0.5) is 4.39 Å². The normalized spacial score (nSPS) is 10.6. The van der Waals surface area contributed by atoms with Gasteiger partial charge in [0, 0.05) is 17.6 Å². The Morgan fingerprint density at radius 2 is 2.26 bits per heavy atom. The van der Waals surface area contributed by atoms with E-state index in [9.17, 15) is 9.18 Å². The second-order valence-corrected chi connectivity index (χ2v) is 4.95. The van der Waals surface area contributed by atoms with E-state index in [1.807, 2.05) is 0 Å². The highest BCUT2D eigenvalue weighted by Gasteiger charge is 2.06. The van der Waals surface area contributed by atoms with E-state index >= 15 is 0 Å². The average molecular weight is 280 g/mol. The Labute approximate surface area is 114 Å². The number of ether oxygens (including phenoxy) is 1. The molecule has 0 amide bonds. The van der Waals surface area contributed by atoms with Crippen molar-refractivity contribution in [3.63, 3.8) is 0 Å². The van der Waals surface area contributed by atoms with Gasteiger partial charge in [0.2, 0.25) is 0 Å². The predicted molar refractivity (Wildman–Crippen MR) is 71.5 cm³/mol. The summed E-state index contributed by atoms with van der Waals surface area (Å²) in [5.74, 6) is 0.190. The topological polar surface area (TPSA) is 52.1 Å². The Morgan fingerprint density at radius 1 is 1.42 bits per heavy atom. The summed E-state index contributed by atoms with van der Waals surface area (Å²) in [6.45, 7) is 0. The van der Waals surface area contributed by atoms with Gasteiger partial charge in [-0.15, -0.1) is 11.8 Å². The molecule has 19 heavy (non-hydrogen) atoms. The maximum Gasteiger partial charge on any atom is 0.305 e. The molecule has 0 atom stereocenters. The number of hydrogen-bond donors (Lipinski definition) is 0. The van der Waals surface area contributed by atoms with Gasteiger partial charge in [-0.1, -0.05) is 0 Å². The van der Waals surface area contributed by atoms with Gasteiger partial charge in [-0.25, -0.2) is 14.4 Å². The number of rotatable bonds is 5. The number of methoxy groups -OCH3 is 1. The fourth-order valence-electron chi connectivity index (χ4n) is 1.61. The summed E-state index contributed by atoms with van der Waals surface area (Å²) in [5.41, 5.74) is 0.715. The summed E-state index contributed by atoms with van der Waals surface area (Å²) in [5, 5.41) is 1.43. The minimum atomic E-state index is -0.307. The maximum absolute atomic E-state index is 13.2. The first-order chi connectivity index (χ1) is 9.20. The highest BCUT2D eigenvalue weighted by atomic mass is 32.2. The van der Waals surface area contributed by atoms with E-state index in [-0.39, 0.29) is 11.8 Å². The van der Waals surface area contributed by atoms with Crippen molar-refractivity contribution in [3.8, 4) is 0 Å². The smallest absolute Gasteiger partial charge is 0.305 e. The van der Waals surface area contributed by atoms with Crippen LogP contribution in [0.25, 0.3) is 10.9 Å². The van der Waals surface area contributed by atoms with Gasteiger partial charge in [0.1, 0.15) is 17.2 Å². The zero-order valence-corrected chi connectivity index (χ0v) is 11.2. The average Bonchev–Trinajstić information content (AvgIpc) is 2.43. The molecule has 2 aromatic rings. The number of esters is 1. The van der Waals surface area contributed by atoms with E-state index < -0.39 is 0 Å². The minimum absolute atomic E-state index is 0.223. The number of aromatic nitrogens is 2. The van der Waals surface area contributed by atoms with E-state index in [0.29, 0.717) is 23.7 Å². The standard InChI is InChI=1S/C13H13FN2O2S/c1-18-12(17)3-2-6-19-13-10-7-9(14)4-5-11(10)15-8-16-13/h4-5,7-8H,2-3,6H2,1H3. The van der Waals surface area contributed by atoms with E-state index in [2.05, 4.69) is 14.7 Å². The number of benzene rings is 1. The van der Waals surface area contributed by atoms with Crippen molar-refractivity contribution in [2.45, 2.75) is 17.9 Å². The van der Waals surface area contributed by atoms with Crippen molar-refractivity contribution >= 4 is 28.6 Å². The van der Waals surface area contributed by atoms with Crippen LogP contribution >= 0.6 is 11.8 Å². The lowest BCUT2D eigenvalue weighted by atomic mass is 10.2. The minimum Gasteiger partial charge on any atom is -0.469 e. The fourth-order valence-corrected chi connectivity index (χ4v) is 2.53. The number of thioether (sulfide) groups is 1. The lowest BCUT2D eigenvalue weighted by molar-refractivity contribution is -0.140. The van der Waals surface area contributed by atoms with Crippen LogP contribution in [0.3, 0.4) is 0 Å². The summed E-state index contributed by atoms with van der Waals surface area (Å²) < 4.78 is 17.8. The molecular formula is C13H13FN2O2S. The second-order valence-electron chi connectivity index (χ2n) is 3.87. The fraction of sp³-hybridized carbons (Fsp3) is 0.308. The van der Waals surface area contributed by atoms with Crippen LogP contribution < -0.4 is 0 Å². The lowest BCUT2D eigenvalue weighted by Gasteiger charge is -2.04. The molecule has 0 radical (unpaired) electrons. The van der Waals surface area contributed by atoms with Crippen molar-refractivity contribution in [1.82, 2.24) is 9.97 Å². The molecule has 0 unspecified atom stereocenters. The van der Waals surface area contributed by atoms with Crippen LogP contribution in [0.2, 0.25) is 0 Å². The van der Waals surface area contributed by atoms with Gasteiger partial charge < -0.3 is 4.74 Å². The molecule has 1 aromatic heterocycles. The van der Waals surface area contributed by atoms with Crippen LogP contribution in [0, 0.1) is 5.82 Å². The van der Waals surface area contributed by atoms with Gasteiger partial charge in [0.25, 0.3) is 0 Å². The summed E-state index contributed by atoms with van der Waals surface area (Å²) in [6, 6.07) is 4.43. The van der Waals surface area contributed by atoms with Crippen LogP contribution in [0.1, 0.15) is 12.8 Å². The summed E-state index contributed by atoms with van der Waals surface area (Å²) in [6.07, 6.45) is 2.53. The van der Waals surface area contributed by atoms with Crippen molar-refractivity contribution in [3.05, 3.63) is 30.3 Å². The Bertz CT molecular complexity index is 592. The van der Waals surface area contributed by atoms with Crippen LogP contribution in [0.5, 0.6) is 0 Å². The number of carbonyl (C=O) groups is 1. The van der Waals surface area contributed by atoms with E-state index in [0.717, 1.165) is 10.8 Å². The second kappa shape index (κ2) is 6.47. The van der Waals surface area contributed by atoms with Gasteiger partial charge in [-0.3, -0.25) is 4.79 Å². The van der Waals surface area contributed by atoms with Crippen molar-refractivity contribution in [2.24, 2.45) is 0 Å². The summed E-state index contributed by atoms with van der Waals surface area (Å²) >= 11 is 1.49. The summed E-state index contributed by atoms with van der Waals surface area (Å²) in [4.78, 5) is 19.2. The van der Waals surface area contributed by atoms with Gasteiger partial charge in [-0.05, 0) is 24.6 Å². The third-order valence-electron chi connectivity index (χ3n) is 2.55. The molecule has 0 saturated carbocycles. The highest BCUT2D eigenvalue weighted by Crippen LogP contribution is 2.25. The monoisotopic (exact) mass is 280 g/mol. The van der Waals surface area contributed by atoms with Gasteiger partial charge in [0.05, 0.1) is 12.6 Å². The maximum atomic E-state index is 13.2. The molecule has 4 nitrogen and oxygen atoms in total. The molecule has 2 rings (SSSR count). The zero-order chi connectivity index (χ0) is 13.7. The number of carbonyl (C=O) groups excluding carboxylic acids is 1.